The van der Waals surface area contributed by atoms with Crippen LogP contribution in [0.5, 0.6) is 11.5 Å². The van der Waals surface area contributed by atoms with E-state index in [9.17, 15) is 4.79 Å². The van der Waals surface area contributed by atoms with Crippen LogP contribution < -0.4 is 14.8 Å². The average molecular weight is 490 g/mol. The van der Waals surface area contributed by atoms with Crippen molar-refractivity contribution in [2.75, 3.05) is 11.9 Å². The van der Waals surface area contributed by atoms with Gasteiger partial charge in [0.1, 0.15) is 18.1 Å². The number of carbonyl (C=O) groups excluding carboxylic acids is 1. The highest BCUT2D eigenvalue weighted by Gasteiger charge is 2.14. The second-order valence-electron chi connectivity index (χ2n) is 7.36. The fourth-order valence-corrected chi connectivity index (χ4v) is 4.34. The molecule has 4 rings (SSSR count). The van der Waals surface area contributed by atoms with Gasteiger partial charge in [0.05, 0.1) is 12.3 Å². The Hall–Kier alpha value is -3.41. The minimum atomic E-state index is -0.197. The Balaban J connectivity index is 1.52. The molecule has 1 N–H and O–H groups in total. The minimum absolute atomic E-state index is 0.197. The molecule has 0 saturated heterocycles. The smallest absolute Gasteiger partial charge is 0.255 e. The van der Waals surface area contributed by atoms with Crippen molar-refractivity contribution in [2.45, 2.75) is 23.3 Å². The van der Waals surface area contributed by atoms with Crippen molar-refractivity contribution < 1.29 is 14.3 Å². The molecule has 0 atom stereocenters. The van der Waals surface area contributed by atoms with Gasteiger partial charge in [-0.05, 0) is 73.7 Å². The number of ether oxygens (including phenoxy) is 2. The zero-order valence-electron chi connectivity index (χ0n) is 18.7. The van der Waals surface area contributed by atoms with Crippen LogP contribution in [0.2, 0.25) is 5.02 Å². The lowest BCUT2D eigenvalue weighted by atomic mass is 10.1. The topological polar surface area (TPSA) is 47.6 Å². The van der Waals surface area contributed by atoms with Gasteiger partial charge in [-0.3, -0.25) is 4.79 Å². The number of halogens is 1. The SMILES string of the molecule is CCOc1ccc(C(=O)Nc2ccccc2Sc2ccccc2)cc1COc1ccc(Cl)cc1. The molecule has 0 saturated carbocycles. The number of amides is 1. The molecule has 0 heterocycles. The third-order valence-electron chi connectivity index (χ3n) is 4.94. The molecule has 4 aromatic rings. The molecule has 0 aliphatic carbocycles. The number of benzene rings is 4. The fourth-order valence-electron chi connectivity index (χ4n) is 3.29. The molecular weight excluding hydrogens is 466 g/mol. The average Bonchev–Trinajstić information content (AvgIpc) is 2.86. The molecule has 172 valence electrons. The van der Waals surface area contributed by atoms with Crippen LogP contribution in [0.15, 0.2) is 107 Å². The van der Waals surface area contributed by atoms with E-state index in [0.29, 0.717) is 28.7 Å². The molecule has 0 spiro atoms. The summed E-state index contributed by atoms with van der Waals surface area (Å²) >= 11 is 7.56. The van der Waals surface area contributed by atoms with Crippen LogP contribution in [0, 0.1) is 0 Å². The molecule has 6 heteroatoms. The van der Waals surface area contributed by atoms with Crippen molar-refractivity contribution in [3.8, 4) is 11.5 Å². The zero-order chi connectivity index (χ0) is 23.8. The van der Waals surface area contributed by atoms with Crippen molar-refractivity contribution in [1.82, 2.24) is 0 Å². The molecule has 0 aromatic heterocycles. The summed E-state index contributed by atoms with van der Waals surface area (Å²) in [7, 11) is 0. The van der Waals surface area contributed by atoms with E-state index in [2.05, 4.69) is 5.32 Å². The summed E-state index contributed by atoms with van der Waals surface area (Å²) in [4.78, 5) is 15.2. The van der Waals surface area contributed by atoms with Gasteiger partial charge in [-0.15, -0.1) is 0 Å². The summed E-state index contributed by atoms with van der Waals surface area (Å²) in [5.41, 5.74) is 2.07. The Bertz CT molecular complexity index is 1250. The molecule has 0 unspecified atom stereocenters. The predicted octanol–water partition coefficient (Wildman–Crippen LogP) is 7.72. The van der Waals surface area contributed by atoms with Crippen LogP contribution in [0.25, 0.3) is 0 Å². The van der Waals surface area contributed by atoms with E-state index in [-0.39, 0.29) is 12.5 Å². The van der Waals surface area contributed by atoms with Gasteiger partial charge in [-0.2, -0.15) is 0 Å². The van der Waals surface area contributed by atoms with Gasteiger partial charge < -0.3 is 14.8 Å². The summed E-state index contributed by atoms with van der Waals surface area (Å²) in [6.45, 7) is 2.70. The Morgan fingerprint density at radius 2 is 1.62 bits per heavy atom. The molecule has 0 radical (unpaired) electrons. The number of carbonyl (C=O) groups is 1. The predicted molar refractivity (Wildman–Crippen MR) is 138 cm³/mol. The number of anilines is 1. The molecule has 34 heavy (non-hydrogen) atoms. The van der Waals surface area contributed by atoms with Gasteiger partial charge in [0.2, 0.25) is 0 Å². The highest BCUT2D eigenvalue weighted by molar-refractivity contribution is 7.99. The van der Waals surface area contributed by atoms with Crippen LogP contribution in [0.1, 0.15) is 22.8 Å². The monoisotopic (exact) mass is 489 g/mol. The van der Waals surface area contributed by atoms with Crippen molar-refractivity contribution in [3.63, 3.8) is 0 Å². The summed E-state index contributed by atoms with van der Waals surface area (Å²) in [6.07, 6.45) is 0. The lowest BCUT2D eigenvalue weighted by molar-refractivity contribution is 0.102. The number of hydrogen-bond acceptors (Lipinski definition) is 4. The van der Waals surface area contributed by atoms with Crippen LogP contribution in [0.4, 0.5) is 5.69 Å². The van der Waals surface area contributed by atoms with Gasteiger partial charge in [-0.1, -0.05) is 53.7 Å². The first-order chi connectivity index (χ1) is 16.6. The maximum Gasteiger partial charge on any atom is 0.255 e. The quantitative estimate of drug-likeness (QED) is 0.261. The van der Waals surface area contributed by atoms with Crippen molar-refractivity contribution in [2.24, 2.45) is 0 Å². The maximum absolute atomic E-state index is 13.1. The van der Waals surface area contributed by atoms with Crippen molar-refractivity contribution in [1.29, 1.82) is 0 Å². The highest BCUT2D eigenvalue weighted by atomic mass is 35.5. The van der Waals surface area contributed by atoms with Crippen LogP contribution in [-0.4, -0.2) is 12.5 Å². The molecule has 1 amide bonds. The standard InChI is InChI=1S/C28H24ClNO3S/c1-2-32-26-17-12-20(18-21(26)19-33-23-15-13-22(29)14-16-23)28(31)30-25-10-6-7-11-27(25)34-24-8-4-3-5-9-24/h3-18H,2,19H2,1H3,(H,30,31). The highest BCUT2D eigenvalue weighted by Crippen LogP contribution is 2.33. The third-order valence-corrected chi connectivity index (χ3v) is 6.27. The van der Waals surface area contributed by atoms with Crippen molar-refractivity contribution >= 4 is 35.0 Å². The summed E-state index contributed by atoms with van der Waals surface area (Å²) in [5, 5.41) is 3.69. The summed E-state index contributed by atoms with van der Waals surface area (Å²) in [6, 6.07) is 30.4. The van der Waals surface area contributed by atoms with Gasteiger partial charge in [0.15, 0.2) is 0 Å². The Kier molecular flexibility index (Phi) is 8.12. The van der Waals surface area contributed by atoms with Gasteiger partial charge in [0, 0.05) is 25.9 Å². The first-order valence-corrected chi connectivity index (χ1v) is 12.1. The normalized spacial score (nSPS) is 10.5. The van der Waals surface area contributed by atoms with Crippen LogP contribution >= 0.6 is 23.4 Å². The minimum Gasteiger partial charge on any atom is -0.493 e. The van der Waals surface area contributed by atoms with E-state index in [1.807, 2.05) is 73.7 Å². The molecular formula is C28H24ClNO3S. The Morgan fingerprint density at radius 1 is 0.882 bits per heavy atom. The lowest BCUT2D eigenvalue weighted by Gasteiger charge is -2.14. The number of hydrogen-bond donors (Lipinski definition) is 1. The molecule has 4 aromatic carbocycles. The first-order valence-electron chi connectivity index (χ1n) is 10.9. The Morgan fingerprint density at radius 3 is 2.38 bits per heavy atom. The van der Waals surface area contributed by atoms with Gasteiger partial charge in [-0.25, -0.2) is 0 Å². The number of nitrogens with one attached hydrogen (secondary N) is 1. The first kappa shape index (κ1) is 23.7. The van der Waals surface area contributed by atoms with E-state index in [1.165, 1.54) is 0 Å². The second kappa shape index (κ2) is 11.6. The van der Waals surface area contributed by atoms with Crippen LogP contribution in [-0.2, 0) is 6.61 Å². The van der Waals surface area contributed by atoms with E-state index < -0.39 is 0 Å². The second-order valence-corrected chi connectivity index (χ2v) is 8.92. The molecule has 0 bridgehead atoms. The number of rotatable bonds is 9. The third kappa shape index (κ3) is 6.34. The zero-order valence-corrected chi connectivity index (χ0v) is 20.2. The molecule has 0 aliphatic rings. The number of para-hydroxylation sites is 1. The summed E-state index contributed by atoms with van der Waals surface area (Å²) < 4.78 is 11.6. The van der Waals surface area contributed by atoms with Gasteiger partial charge in [0.25, 0.3) is 5.91 Å². The van der Waals surface area contributed by atoms with Crippen molar-refractivity contribution in [3.05, 3.63) is 113 Å². The fraction of sp³-hybridized carbons (Fsp3) is 0.107. The van der Waals surface area contributed by atoms with Crippen LogP contribution in [0.3, 0.4) is 0 Å². The van der Waals surface area contributed by atoms with Gasteiger partial charge >= 0.3 is 0 Å². The van der Waals surface area contributed by atoms with E-state index in [4.69, 9.17) is 21.1 Å². The summed E-state index contributed by atoms with van der Waals surface area (Å²) in [5.74, 6) is 1.18. The molecule has 0 aliphatic heterocycles. The largest absolute Gasteiger partial charge is 0.493 e. The lowest BCUT2D eigenvalue weighted by Crippen LogP contribution is -2.13. The molecule has 4 nitrogen and oxygen atoms in total. The van der Waals surface area contributed by atoms with E-state index >= 15 is 0 Å². The molecule has 0 fully saturated rings. The maximum atomic E-state index is 13.1. The van der Waals surface area contributed by atoms with E-state index in [1.54, 1.807) is 42.1 Å². The van der Waals surface area contributed by atoms with E-state index in [0.717, 1.165) is 21.0 Å². The Labute approximate surface area is 208 Å².